The van der Waals surface area contributed by atoms with Gasteiger partial charge < -0.3 is 19.9 Å². The lowest BCUT2D eigenvalue weighted by Gasteiger charge is -2.07. The van der Waals surface area contributed by atoms with Crippen molar-refractivity contribution in [2.45, 2.75) is 0 Å². The van der Waals surface area contributed by atoms with Crippen molar-refractivity contribution < 1.29 is 19.4 Å². The predicted molar refractivity (Wildman–Crippen MR) is 72.4 cm³/mol. The summed E-state index contributed by atoms with van der Waals surface area (Å²) in [5, 5.41) is 11.3. The van der Waals surface area contributed by atoms with Crippen LogP contribution < -0.4 is 10.1 Å². The van der Waals surface area contributed by atoms with Crippen LogP contribution in [0, 0.1) is 0 Å². The summed E-state index contributed by atoms with van der Waals surface area (Å²) < 4.78 is 10.3. The lowest BCUT2D eigenvalue weighted by atomic mass is 10.2. The van der Waals surface area contributed by atoms with Gasteiger partial charge in [0, 0.05) is 19.2 Å². The summed E-state index contributed by atoms with van der Waals surface area (Å²) in [5.74, 6) is 0.454. The molecule has 2 N–H and O–H groups in total. The average molecular weight is 265 g/mol. The van der Waals surface area contributed by atoms with E-state index in [4.69, 9.17) is 14.6 Å². The second-order valence-corrected chi connectivity index (χ2v) is 3.73. The van der Waals surface area contributed by atoms with Crippen LogP contribution in [0.1, 0.15) is 10.4 Å². The number of carbonyl (C=O) groups excluding carboxylic acids is 1. The Labute approximate surface area is 112 Å². The Balaban J connectivity index is 2.50. The van der Waals surface area contributed by atoms with E-state index in [0.717, 1.165) is 0 Å². The highest BCUT2D eigenvalue weighted by Gasteiger charge is 2.05. The highest BCUT2D eigenvalue weighted by Crippen LogP contribution is 2.13. The van der Waals surface area contributed by atoms with Crippen LogP contribution in [0.25, 0.3) is 0 Å². The van der Waals surface area contributed by atoms with Crippen molar-refractivity contribution in [1.29, 1.82) is 0 Å². The predicted octanol–water partition coefficient (Wildman–Crippen LogP) is 0.990. The lowest BCUT2D eigenvalue weighted by molar-refractivity contribution is 0.0957. The van der Waals surface area contributed by atoms with E-state index in [2.05, 4.69) is 5.32 Å². The molecule has 0 fully saturated rings. The molecular formula is C14H19NO4. The smallest absolute Gasteiger partial charge is 0.251 e. The monoisotopic (exact) mass is 265 g/mol. The fraction of sp³-hybridized carbons (Fsp3) is 0.357. The van der Waals surface area contributed by atoms with Gasteiger partial charge in [0.05, 0.1) is 13.2 Å². The van der Waals surface area contributed by atoms with Crippen molar-refractivity contribution in [2.24, 2.45) is 0 Å². The van der Waals surface area contributed by atoms with Crippen LogP contribution in [0.4, 0.5) is 0 Å². The molecule has 1 amide bonds. The number of ether oxygens (including phenoxy) is 2. The third kappa shape index (κ3) is 6.03. The maximum Gasteiger partial charge on any atom is 0.251 e. The number of benzene rings is 1. The molecule has 0 unspecified atom stereocenters. The van der Waals surface area contributed by atoms with Gasteiger partial charge in [0.15, 0.2) is 0 Å². The van der Waals surface area contributed by atoms with Crippen molar-refractivity contribution in [3.8, 4) is 5.75 Å². The molecule has 1 rings (SSSR count). The number of hydrogen-bond donors (Lipinski definition) is 2. The van der Waals surface area contributed by atoms with Crippen molar-refractivity contribution in [1.82, 2.24) is 5.32 Å². The molecule has 0 saturated heterocycles. The van der Waals surface area contributed by atoms with Crippen LogP contribution >= 0.6 is 0 Å². The zero-order valence-corrected chi connectivity index (χ0v) is 11.0. The van der Waals surface area contributed by atoms with Crippen LogP contribution in [-0.4, -0.2) is 44.5 Å². The van der Waals surface area contributed by atoms with Gasteiger partial charge in [-0.2, -0.15) is 0 Å². The average Bonchev–Trinajstić information content (AvgIpc) is 2.44. The van der Waals surface area contributed by atoms with Gasteiger partial charge in [0.25, 0.3) is 5.91 Å². The first-order valence-electron chi connectivity index (χ1n) is 6.03. The number of amides is 1. The summed E-state index contributed by atoms with van der Waals surface area (Å²) in [7, 11) is 1.60. The Morgan fingerprint density at radius 3 is 2.95 bits per heavy atom. The maximum atomic E-state index is 11.8. The standard InChI is InChI=1S/C14H19NO4/c1-18-9-10-19-13-6-4-5-12(11-13)14(17)15-7-2-3-8-16/h2-6,11,16H,7-10H2,1H3,(H,15,17). The van der Waals surface area contributed by atoms with Gasteiger partial charge >= 0.3 is 0 Å². The number of aliphatic hydroxyl groups excluding tert-OH is 1. The van der Waals surface area contributed by atoms with Gasteiger partial charge in [-0.1, -0.05) is 18.2 Å². The van der Waals surface area contributed by atoms with Gasteiger partial charge in [0.2, 0.25) is 0 Å². The maximum absolute atomic E-state index is 11.8. The third-order valence-electron chi connectivity index (χ3n) is 2.30. The van der Waals surface area contributed by atoms with E-state index in [1.807, 2.05) is 0 Å². The molecule has 0 aromatic heterocycles. The zero-order chi connectivity index (χ0) is 13.9. The van der Waals surface area contributed by atoms with Gasteiger partial charge in [-0.05, 0) is 18.2 Å². The molecule has 0 heterocycles. The number of aliphatic hydroxyl groups is 1. The van der Waals surface area contributed by atoms with E-state index in [-0.39, 0.29) is 12.5 Å². The molecule has 0 atom stereocenters. The van der Waals surface area contributed by atoms with Crippen molar-refractivity contribution in [2.75, 3.05) is 33.5 Å². The van der Waals surface area contributed by atoms with Gasteiger partial charge in [-0.15, -0.1) is 0 Å². The van der Waals surface area contributed by atoms with Gasteiger partial charge in [-0.25, -0.2) is 0 Å². The zero-order valence-electron chi connectivity index (χ0n) is 11.0. The molecule has 0 radical (unpaired) electrons. The minimum atomic E-state index is -0.181. The van der Waals surface area contributed by atoms with Crippen molar-refractivity contribution in [3.63, 3.8) is 0 Å². The molecule has 0 spiro atoms. The van der Waals surface area contributed by atoms with E-state index in [1.165, 1.54) is 0 Å². The van der Waals surface area contributed by atoms with Gasteiger partial charge in [-0.3, -0.25) is 4.79 Å². The molecule has 5 heteroatoms. The van der Waals surface area contributed by atoms with E-state index in [9.17, 15) is 4.79 Å². The number of nitrogens with one attached hydrogen (secondary N) is 1. The molecular weight excluding hydrogens is 246 g/mol. The molecule has 0 aliphatic carbocycles. The highest BCUT2D eigenvalue weighted by atomic mass is 16.5. The summed E-state index contributed by atoms with van der Waals surface area (Å²) in [6, 6.07) is 6.95. The molecule has 5 nitrogen and oxygen atoms in total. The summed E-state index contributed by atoms with van der Waals surface area (Å²) >= 11 is 0. The molecule has 1 aromatic carbocycles. The SMILES string of the molecule is COCCOc1cccc(C(=O)NCC=CCO)c1. The first-order chi connectivity index (χ1) is 9.27. The topological polar surface area (TPSA) is 67.8 Å². The molecule has 0 aliphatic rings. The Kier molecular flexibility index (Phi) is 7.31. The summed E-state index contributed by atoms with van der Waals surface area (Å²) in [5.41, 5.74) is 0.535. The quantitative estimate of drug-likeness (QED) is 0.543. The molecule has 0 aliphatic heterocycles. The molecule has 19 heavy (non-hydrogen) atoms. The Hall–Kier alpha value is -1.85. The third-order valence-corrected chi connectivity index (χ3v) is 2.30. The minimum Gasteiger partial charge on any atom is -0.491 e. The number of methoxy groups -OCH3 is 1. The molecule has 0 saturated carbocycles. The van der Waals surface area contributed by atoms with E-state index < -0.39 is 0 Å². The first-order valence-corrected chi connectivity index (χ1v) is 6.03. The summed E-state index contributed by atoms with van der Waals surface area (Å²) in [6.45, 7) is 1.30. The summed E-state index contributed by atoms with van der Waals surface area (Å²) in [6.07, 6.45) is 3.27. The van der Waals surface area contributed by atoms with E-state index >= 15 is 0 Å². The van der Waals surface area contributed by atoms with Crippen LogP contribution in [0.5, 0.6) is 5.75 Å². The van der Waals surface area contributed by atoms with Crippen molar-refractivity contribution >= 4 is 5.91 Å². The molecule has 0 bridgehead atoms. The largest absolute Gasteiger partial charge is 0.491 e. The Morgan fingerprint density at radius 2 is 2.21 bits per heavy atom. The van der Waals surface area contributed by atoms with Crippen LogP contribution in [0.3, 0.4) is 0 Å². The van der Waals surface area contributed by atoms with E-state index in [1.54, 1.807) is 43.5 Å². The molecule has 104 valence electrons. The Bertz CT molecular complexity index is 418. The first kappa shape index (κ1) is 15.2. The number of rotatable bonds is 8. The van der Waals surface area contributed by atoms with Crippen LogP contribution in [0.15, 0.2) is 36.4 Å². The fourth-order valence-electron chi connectivity index (χ4n) is 1.38. The fourth-order valence-corrected chi connectivity index (χ4v) is 1.38. The summed E-state index contributed by atoms with van der Waals surface area (Å²) in [4.78, 5) is 11.8. The van der Waals surface area contributed by atoms with Crippen molar-refractivity contribution in [3.05, 3.63) is 42.0 Å². The van der Waals surface area contributed by atoms with Crippen LogP contribution in [-0.2, 0) is 4.74 Å². The lowest BCUT2D eigenvalue weighted by Crippen LogP contribution is -2.23. The normalized spacial score (nSPS) is 10.6. The van der Waals surface area contributed by atoms with Crippen LogP contribution in [0.2, 0.25) is 0 Å². The highest BCUT2D eigenvalue weighted by molar-refractivity contribution is 5.94. The Morgan fingerprint density at radius 1 is 1.37 bits per heavy atom. The second kappa shape index (κ2) is 9.13. The van der Waals surface area contributed by atoms with E-state index in [0.29, 0.717) is 31.1 Å². The second-order valence-electron chi connectivity index (χ2n) is 3.73. The minimum absolute atomic E-state index is 0.0291. The number of carbonyl (C=O) groups is 1. The number of hydrogen-bond acceptors (Lipinski definition) is 4. The van der Waals surface area contributed by atoms with Gasteiger partial charge in [0.1, 0.15) is 12.4 Å². The molecule has 1 aromatic rings.